The van der Waals surface area contributed by atoms with Crippen molar-refractivity contribution in [2.75, 3.05) is 24.7 Å². The molecule has 1 aromatic carbocycles. The average molecular weight is 335 g/mol. The molecule has 2 N–H and O–H groups in total. The van der Waals surface area contributed by atoms with E-state index in [2.05, 4.69) is 15.0 Å². The number of aromatic nitrogens is 3. The van der Waals surface area contributed by atoms with Crippen LogP contribution in [0.15, 0.2) is 18.2 Å². The van der Waals surface area contributed by atoms with Crippen LogP contribution in [0.2, 0.25) is 0 Å². The van der Waals surface area contributed by atoms with Crippen molar-refractivity contribution in [3.63, 3.8) is 0 Å². The van der Waals surface area contributed by atoms with Crippen LogP contribution in [0, 0.1) is 13.8 Å². The summed E-state index contributed by atoms with van der Waals surface area (Å²) in [5.74, 6) is 0.193. The Labute approximate surface area is 136 Å². The van der Waals surface area contributed by atoms with E-state index in [4.69, 9.17) is 5.73 Å². The second kappa shape index (κ2) is 6.49. The predicted molar refractivity (Wildman–Crippen MR) is 90.8 cm³/mol. The van der Waals surface area contributed by atoms with E-state index in [0.29, 0.717) is 5.95 Å². The fourth-order valence-electron chi connectivity index (χ4n) is 2.13. The van der Waals surface area contributed by atoms with Crippen LogP contribution in [-0.4, -0.2) is 37.5 Å². The summed E-state index contributed by atoms with van der Waals surface area (Å²) >= 11 is 0. The van der Waals surface area contributed by atoms with Gasteiger partial charge < -0.3 is 10.6 Å². The SMILES string of the molecule is Cc1ccc(C)c(CS(=O)(=O)Cc2nc(N)nc(N(C)C)n2)c1. The Kier molecular flexibility index (Phi) is 4.84. The first kappa shape index (κ1) is 17.1. The third kappa shape index (κ3) is 4.62. The normalized spacial score (nSPS) is 11.5. The lowest BCUT2D eigenvalue weighted by atomic mass is 10.1. The van der Waals surface area contributed by atoms with E-state index in [0.717, 1.165) is 16.7 Å². The number of anilines is 2. The molecule has 0 saturated carbocycles. The van der Waals surface area contributed by atoms with Gasteiger partial charge in [0, 0.05) is 14.1 Å². The fourth-order valence-corrected chi connectivity index (χ4v) is 3.54. The Balaban J connectivity index is 2.26. The van der Waals surface area contributed by atoms with Crippen molar-refractivity contribution in [2.45, 2.75) is 25.4 Å². The zero-order chi connectivity index (χ0) is 17.2. The van der Waals surface area contributed by atoms with Gasteiger partial charge >= 0.3 is 0 Å². The van der Waals surface area contributed by atoms with Crippen LogP contribution in [0.1, 0.15) is 22.5 Å². The molecule has 0 amide bonds. The number of sulfone groups is 1. The Morgan fingerprint density at radius 1 is 1.09 bits per heavy atom. The monoisotopic (exact) mass is 335 g/mol. The number of nitrogen functional groups attached to an aromatic ring is 1. The minimum absolute atomic E-state index is 0.0145. The summed E-state index contributed by atoms with van der Waals surface area (Å²) in [5, 5.41) is 0. The van der Waals surface area contributed by atoms with Crippen LogP contribution >= 0.6 is 0 Å². The molecule has 0 aliphatic carbocycles. The second-order valence-electron chi connectivity index (χ2n) is 5.77. The molecule has 7 nitrogen and oxygen atoms in total. The summed E-state index contributed by atoms with van der Waals surface area (Å²) in [6.07, 6.45) is 0. The topological polar surface area (TPSA) is 102 Å². The highest BCUT2D eigenvalue weighted by atomic mass is 32.2. The maximum atomic E-state index is 12.5. The van der Waals surface area contributed by atoms with Crippen molar-refractivity contribution in [3.8, 4) is 0 Å². The van der Waals surface area contributed by atoms with Crippen LogP contribution in [0.25, 0.3) is 0 Å². The van der Waals surface area contributed by atoms with E-state index in [1.54, 1.807) is 19.0 Å². The molecule has 1 heterocycles. The standard InChI is InChI=1S/C15H21N5O2S/c1-10-5-6-11(2)12(7-10)8-23(21,22)9-13-17-14(16)19-15(18-13)20(3)4/h5-7H,8-9H2,1-4H3,(H2,16,17,18,19). The molecule has 0 unspecified atom stereocenters. The van der Waals surface area contributed by atoms with Gasteiger partial charge in [-0.1, -0.05) is 23.8 Å². The molecule has 8 heteroatoms. The van der Waals surface area contributed by atoms with Gasteiger partial charge in [0.1, 0.15) is 5.75 Å². The third-order valence-corrected chi connectivity index (χ3v) is 4.77. The minimum Gasteiger partial charge on any atom is -0.368 e. The third-order valence-electron chi connectivity index (χ3n) is 3.32. The van der Waals surface area contributed by atoms with E-state index in [1.165, 1.54) is 0 Å². The van der Waals surface area contributed by atoms with Crippen molar-refractivity contribution < 1.29 is 8.42 Å². The summed E-state index contributed by atoms with van der Waals surface area (Å²) in [5.41, 5.74) is 8.40. The Hall–Kier alpha value is -2.22. The molecule has 0 saturated heterocycles. The number of hydrogen-bond acceptors (Lipinski definition) is 7. The van der Waals surface area contributed by atoms with Crippen molar-refractivity contribution in [1.82, 2.24) is 15.0 Å². The molecule has 0 radical (unpaired) electrons. The smallest absolute Gasteiger partial charge is 0.229 e. The molecule has 23 heavy (non-hydrogen) atoms. The van der Waals surface area contributed by atoms with Gasteiger partial charge in [-0.15, -0.1) is 0 Å². The molecule has 0 aliphatic rings. The number of nitrogens with two attached hydrogens (primary N) is 1. The van der Waals surface area contributed by atoms with Crippen molar-refractivity contribution >= 4 is 21.7 Å². The number of benzene rings is 1. The highest BCUT2D eigenvalue weighted by Crippen LogP contribution is 2.17. The molecular formula is C15H21N5O2S. The van der Waals surface area contributed by atoms with Gasteiger partial charge in [-0.3, -0.25) is 0 Å². The molecule has 0 bridgehead atoms. The molecule has 124 valence electrons. The first-order valence-corrected chi connectivity index (χ1v) is 8.93. The van der Waals surface area contributed by atoms with Crippen molar-refractivity contribution in [2.24, 2.45) is 0 Å². The average Bonchev–Trinajstić information content (AvgIpc) is 2.41. The number of nitrogens with zero attached hydrogens (tertiary/aromatic N) is 4. The number of aryl methyl sites for hydroxylation is 2. The van der Waals surface area contributed by atoms with E-state index >= 15 is 0 Å². The molecular weight excluding hydrogens is 314 g/mol. The van der Waals surface area contributed by atoms with Crippen LogP contribution in [0.3, 0.4) is 0 Å². The lowest BCUT2D eigenvalue weighted by molar-refractivity contribution is 0.592. The zero-order valence-corrected chi connectivity index (χ0v) is 14.6. The van der Waals surface area contributed by atoms with E-state index in [9.17, 15) is 8.42 Å². The molecule has 1 aromatic heterocycles. The van der Waals surface area contributed by atoms with Gasteiger partial charge in [0.2, 0.25) is 11.9 Å². The van der Waals surface area contributed by atoms with Crippen LogP contribution < -0.4 is 10.6 Å². The largest absolute Gasteiger partial charge is 0.368 e. The molecule has 0 fully saturated rings. The van der Waals surface area contributed by atoms with Crippen LogP contribution in [-0.2, 0) is 21.3 Å². The van der Waals surface area contributed by atoms with Gasteiger partial charge in [0.05, 0.1) is 5.75 Å². The number of hydrogen-bond donors (Lipinski definition) is 1. The highest BCUT2D eigenvalue weighted by molar-refractivity contribution is 7.89. The number of rotatable bonds is 5. The van der Waals surface area contributed by atoms with E-state index in [1.807, 2.05) is 32.0 Å². The Bertz CT molecular complexity index is 819. The molecule has 2 rings (SSSR count). The van der Waals surface area contributed by atoms with Crippen molar-refractivity contribution in [3.05, 3.63) is 40.7 Å². The summed E-state index contributed by atoms with van der Waals surface area (Å²) in [4.78, 5) is 13.7. The fraction of sp³-hybridized carbons (Fsp3) is 0.400. The zero-order valence-electron chi connectivity index (χ0n) is 13.7. The van der Waals surface area contributed by atoms with Crippen LogP contribution in [0.4, 0.5) is 11.9 Å². The first-order valence-electron chi connectivity index (χ1n) is 7.10. The van der Waals surface area contributed by atoms with Crippen LogP contribution in [0.5, 0.6) is 0 Å². The summed E-state index contributed by atoms with van der Waals surface area (Å²) in [7, 11) is 0.0933. The maximum absolute atomic E-state index is 12.5. The van der Waals surface area contributed by atoms with Gasteiger partial charge in [-0.2, -0.15) is 15.0 Å². The van der Waals surface area contributed by atoms with Gasteiger partial charge in [-0.05, 0) is 25.0 Å². The summed E-state index contributed by atoms with van der Waals surface area (Å²) in [6.45, 7) is 3.83. The van der Waals surface area contributed by atoms with Gasteiger partial charge in [-0.25, -0.2) is 8.42 Å². The van der Waals surface area contributed by atoms with E-state index in [-0.39, 0.29) is 23.3 Å². The van der Waals surface area contributed by atoms with E-state index < -0.39 is 9.84 Å². The second-order valence-corrected chi connectivity index (χ2v) is 7.83. The quantitative estimate of drug-likeness (QED) is 0.877. The maximum Gasteiger partial charge on any atom is 0.229 e. The highest BCUT2D eigenvalue weighted by Gasteiger charge is 2.18. The molecule has 0 aliphatic heterocycles. The predicted octanol–water partition coefficient (Wildman–Crippen LogP) is 1.25. The molecule has 2 aromatic rings. The summed E-state index contributed by atoms with van der Waals surface area (Å²) < 4.78 is 24.9. The minimum atomic E-state index is -3.41. The van der Waals surface area contributed by atoms with Gasteiger partial charge in [0.25, 0.3) is 0 Å². The first-order chi connectivity index (χ1) is 10.7. The van der Waals surface area contributed by atoms with Crippen molar-refractivity contribution in [1.29, 1.82) is 0 Å². The summed E-state index contributed by atoms with van der Waals surface area (Å²) in [6, 6.07) is 5.77. The lowest BCUT2D eigenvalue weighted by Gasteiger charge is -2.12. The molecule has 0 spiro atoms. The lowest BCUT2D eigenvalue weighted by Crippen LogP contribution is -2.18. The Morgan fingerprint density at radius 3 is 2.43 bits per heavy atom. The van der Waals surface area contributed by atoms with Gasteiger partial charge in [0.15, 0.2) is 15.7 Å². The Morgan fingerprint density at radius 2 is 1.78 bits per heavy atom. The molecule has 0 atom stereocenters.